The summed E-state index contributed by atoms with van der Waals surface area (Å²) in [5, 5.41) is 5.69. The van der Waals surface area contributed by atoms with Crippen molar-refractivity contribution in [2.45, 2.75) is 20.4 Å². The number of halogens is 1. The summed E-state index contributed by atoms with van der Waals surface area (Å²) in [6.45, 7) is 4.91. The highest BCUT2D eigenvalue weighted by molar-refractivity contribution is 7.17. The van der Waals surface area contributed by atoms with Gasteiger partial charge in [0.25, 0.3) is 0 Å². The summed E-state index contributed by atoms with van der Waals surface area (Å²) < 4.78 is 20.5. The minimum absolute atomic E-state index is 0.271. The summed E-state index contributed by atoms with van der Waals surface area (Å²) >= 11 is 1.52. The summed E-state index contributed by atoms with van der Waals surface area (Å²) in [4.78, 5) is 18.7. The summed E-state index contributed by atoms with van der Waals surface area (Å²) in [6, 6.07) is 13.2. The number of carbonyl (C=O) groups is 1. The van der Waals surface area contributed by atoms with E-state index in [0.717, 1.165) is 32.5 Å². The van der Waals surface area contributed by atoms with E-state index in [1.54, 1.807) is 24.3 Å². The van der Waals surface area contributed by atoms with E-state index in [1.807, 2.05) is 36.6 Å². The Morgan fingerprint density at radius 3 is 2.57 bits per heavy atom. The molecular weight excluding hydrogens is 403 g/mol. The lowest BCUT2D eigenvalue weighted by atomic mass is 10.2. The van der Waals surface area contributed by atoms with Crippen LogP contribution in [0.2, 0.25) is 0 Å². The number of aryl methyl sites for hydroxylation is 1. The monoisotopic (exact) mass is 424 g/mol. The van der Waals surface area contributed by atoms with E-state index < -0.39 is 0 Å². The molecule has 2 aromatic heterocycles. The molecule has 6 nitrogen and oxygen atoms in total. The zero-order valence-corrected chi connectivity index (χ0v) is 17.4. The molecule has 30 heavy (non-hydrogen) atoms. The van der Waals surface area contributed by atoms with Gasteiger partial charge in [-0.25, -0.2) is 14.2 Å². The molecular formula is C22H21FN4O2S. The lowest BCUT2D eigenvalue weighted by molar-refractivity contribution is 0.252. The van der Waals surface area contributed by atoms with Crippen molar-refractivity contribution < 1.29 is 13.9 Å². The molecule has 0 aliphatic carbocycles. The van der Waals surface area contributed by atoms with E-state index in [0.29, 0.717) is 18.8 Å². The van der Waals surface area contributed by atoms with Crippen LogP contribution < -0.4 is 15.4 Å². The van der Waals surface area contributed by atoms with Gasteiger partial charge in [-0.1, -0.05) is 11.3 Å². The van der Waals surface area contributed by atoms with Crippen molar-refractivity contribution in [1.82, 2.24) is 14.7 Å². The van der Waals surface area contributed by atoms with Gasteiger partial charge in [0.2, 0.25) is 0 Å². The molecule has 154 valence electrons. The van der Waals surface area contributed by atoms with Crippen LogP contribution >= 0.6 is 11.3 Å². The number of aromatic nitrogens is 2. The third kappa shape index (κ3) is 4.28. The quantitative estimate of drug-likeness (QED) is 0.445. The number of benzene rings is 2. The van der Waals surface area contributed by atoms with Gasteiger partial charge in [-0.05, 0) is 62.4 Å². The highest BCUT2D eigenvalue weighted by Gasteiger charge is 2.13. The number of imidazole rings is 1. The van der Waals surface area contributed by atoms with Crippen molar-refractivity contribution in [3.05, 3.63) is 71.1 Å². The van der Waals surface area contributed by atoms with Gasteiger partial charge < -0.3 is 15.4 Å². The van der Waals surface area contributed by atoms with Gasteiger partial charge in [-0.2, -0.15) is 0 Å². The van der Waals surface area contributed by atoms with Gasteiger partial charge >= 0.3 is 6.03 Å². The van der Waals surface area contributed by atoms with Crippen molar-refractivity contribution >= 4 is 28.0 Å². The largest absolute Gasteiger partial charge is 0.494 e. The highest BCUT2D eigenvalue weighted by atomic mass is 32.1. The minimum atomic E-state index is -0.281. The van der Waals surface area contributed by atoms with Gasteiger partial charge in [0, 0.05) is 28.0 Å². The third-order valence-corrected chi connectivity index (χ3v) is 5.78. The normalized spacial score (nSPS) is 10.9. The standard InChI is InChI=1S/C22H21FN4O2S/c1-3-29-18-10-8-17(9-11-18)25-21(28)24-12-20-14(2)27-13-19(26-22(27)30-20)15-4-6-16(23)7-5-15/h4-11,13H,3,12H2,1-2H3,(H2,24,25,28). The highest BCUT2D eigenvalue weighted by Crippen LogP contribution is 2.27. The van der Waals surface area contributed by atoms with Crippen LogP contribution in [-0.4, -0.2) is 22.0 Å². The minimum Gasteiger partial charge on any atom is -0.494 e. The van der Waals surface area contributed by atoms with Gasteiger partial charge in [-0.15, -0.1) is 0 Å². The third-order valence-electron chi connectivity index (χ3n) is 4.63. The predicted molar refractivity (Wildman–Crippen MR) is 117 cm³/mol. The average molecular weight is 425 g/mol. The lowest BCUT2D eigenvalue weighted by Crippen LogP contribution is -2.28. The first-order valence-corrected chi connectivity index (χ1v) is 10.4. The van der Waals surface area contributed by atoms with E-state index in [4.69, 9.17) is 4.74 Å². The Morgan fingerprint density at radius 2 is 1.90 bits per heavy atom. The maximum absolute atomic E-state index is 13.1. The second-order valence-corrected chi connectivity index (χ2v) is 7.72. The van der Waals surface area contributed by atoms with Crippen molar-refractivity contribution in [1.29, 1.82) is 0 Å². The molecule has 0 bridgehead atoms. The number of rotatable bonds is 6. The van der Waals surface area contributed by atoms with E-state index in [-0.39, 0.29) is 11.8 Å². The Labute approximate surface area is 177 Å². The lowest BCUT2D eigenvalue weighted by Gasteiger charge is -2.08. The van der Waals surface area contributed by atoms with Gasteiger partial charge in [0.1, 0.15) is 11.6 Å². The topological polar surface area (TPSA) is 67.7 Å². The number of ether oxygens (including phenoxy) is 1. The first-order chi connectivity index (χ1) is 14.5. The fourth-order valence-electron chi connectivity index (χ4n) is 3.05. The first kappa shape index (κ1) is 19.9. The number of urea groups is 1. The van der Waals surface area contributed by atoms with E-state index in [1.165, 1.54) is 23.5 Å². The predicted octanol–water partition coefficient (Wildman–Crippen LogP) is 5.23. The van der Waals surface area contributed by atoms with Gasteiger partial charge in [0.15, 0.2) is 4.96 Å². The number of hydrogen-bond donors (Lipinski definition) is 2. The molecule has 0 aliphatic heterocycles. The summed E-state index contributed by atoms with van der Waals surface area (Å²) in [7, 11) is 0. The molecule has 0 spiro atoms. The Balaban J connectivity index is 1.40. The molecule has 0 saturated carbocycles. The molecule has 0 unspecified atom stereocenters. The smallest absolute Gasteiger partial charge is 0.319 e. The maximum Gasteiger partial charge on any atom is 0.319 e. The summed E-state index contributed by atoms with van der Waals surface area (Å²) in [5.41, 5.74) is 3.35. The summed E-state index contributed by atoms with van der Waals surface area (Å²) in [6.07, 6.45) is 1.93. The molecule has 2 aromatic carbocycles. The Bertz CT molecular complexity index is 1170. The fourth-order valence-corrected chi connectivity index (χ4v) is 4.10. The van der Waals surface area contributed by atoms with E-state index in [2.05, 4.69) is 15.6 Å². The Kier molecular flexibility index (Phi) is 5.67. The molecule has 8 heteroatoms. The Hall–Kier alpha value is -3.39. The number of nitrogens with zero attached hydrogens (tertiary/aromatic N) is 2. The van der Waals surface area contributed by atoms with Crippen LogP contribution in [0.15, 0.2) is 54.7 Å². The van der Waals surface area contributed by atoms with Gasteiger partial charge in [-0.3, -0.25) is 4.40 Å². The summed E-state index contributed by atoms with van der Waals surface area (Å²) in [5.74, 6) is 0.494. The van der Waals surface area contributed by atoms with Crippen molar-refractivity contribution in [3.8, 4) is 17.0 Å². The van der Waals surface area contributed by atoms with Crippen LogP contribution in [-0.2, 0) is 6.54 Å². The molecule has 0 saturated heterocycles. The van der Waals surface area contributed by atoms with Crippen LogP contribution in [0.4, 0.5) is 14.9 Å². The van der Waals surface area contributed by atoms with Crippen molar-refractivity contribution in [3.63, 3.8) is 0 Å². The van der Waals surface area contributed by atoms with E-state index >= 15 is 0 Å². The number of nitrogens with one attached hydrogen (secondary N) is 2. The average Bonchev–Trinajstić information content (AvgIpc) is 3.28. The van der Waals surface area contributed by atoms with Crippen LogP contribution in [0.25, 0.3) is 16.2 Å². The zero-order valence-electron chi connectivity index (χ0n) is 16.6. The van der Waals surface area contributed by atoms with Crippen molar-refractivity contribution in [2.75, 3.05) is 11.9 Å². The molecule has 2 N–H and O–H groups in total. The molecule has 4 rings (SSSR count). The van der Waals surface area contributed by atoms with Gasteiger partial charge in [0.05, 0.1) is 18.8 Å². The SMILES string of the molecule is CCOc1ccc(NC(=O)NCc2sc3nc(-c4ccc(F)cc4)cn3c2C)cc1. The second kappa shape index (κ2) is 8.54. The molecule has 0 fully saturated rings. The number of carbonyl (C=O) groups excluding carboxylic acids is 1. The van der Waals surface area contributed by atoms with Crippen molar-refractivity contribution in [2.24, 2.45) is 0 Å². The molecule has 2 amide bonds. The van der Waals surface area contributed by atoms with Crippen LogP contribution in [0, 0.1) is 12.7 Å². The maximum atomic E-state index is 13.1. The van der Waals surface area contributed by atoms with E-state index in [9.17, 15) is 9.18 Å². The van der Waals surface area contributed by atoms with Crippen LogP contribution in [0.5, 0.6) is 5.75 Å². The molecule has 4 aromatic rings. The number of hydrogen-bond acceptors (Lipinski definition) is 4. The first-order valence-electron chi connectivity index (χ1n) is 9.54. The zero-order chi connectivity index (χ0) is 21.1. The number of anilines is 1. The van der Waals surface area contributed by atoms with Crippen LogP contribution in [0.1, 0.15) is 17.5 Å². The molecule has 0 aliphatic rings. The number of amides is 2. The number of fused-ring (bicyclic) bond motifs is 1. The molecule has 0 atom stereocenters. The van der Waals surface area contributed by atoms with Crippen LogP contribution in [0.3, 0.4) is 0 Å². The Morgan fingerprint density at radius 1 is 1.17 bits per heavy atom. The molecule has 2 heterocycles. The fraction of sp³-hybridized carbons (Fsp3) is 0.182. The number of thiazole rings is 1. The molecule has 0 radical (unpaired) electrons. The second-order valence-electron chi connectivity index (χ2n) is 6.66.